The van der Waals surface area contributed by atoms with Crippen molar-refractivity contribution in [1.29, 1.82) is 0 Å². The zero-order chi connectivity index (χ0) is 28.0. The minimum Gasteiger partial charge on any atom is -0.238 e. The minimum atomic E-state index is -0.151. The standard InChI is InChI=1S/C37H26N4/c1-37(2)31-21-20-28(38-3)23-30(31)33-29(18-11-19-32(33)37)26-16-10-17-27(22-26)36-40-34(24-12-6-4-7-13-24)39-35(41-36)25-14-8-5-9-15-25/h4-23H,1-2H3. The third-order valence-electron chi connectivity index (χ3n) is 7.94. The lowest BCUT2D eigenvalue weighted by Crippen LogP contribution is -2.14. The quantitative estimate of drug-likeness (QED) is 0.215. The lowest BCUT2D eigenvalue weighted by atomic mass is 9.82. The molecule has 0 bridgehead atoms. The van der Waals surface area contributed by atoms with Gasteiger partial charge in [0.2, 0.25) is 0 Å². The lowest BCUT2D eigenvalue weighted by Gasteiger charge is -2.21. The van der Waals surface area contributed by atoms with Crippen LogP contribution in [0.25, 0.3) is 61.3 Å². The predicted molar refractivity (Wildman–Crippen MR) is 165 cm³/mol. The Labute approximate surface area is 239 Å². The van der Waals surface area contributed by atoms with Crippen LogP contribution in [-0.2, 0) is 5.41 Å². The van der Waals surface area contributed by atoms with E-state index >= 15 is 0 Å². The number of nitrogens with zero attached hydrogens (tertiary/aromatic N) is 4. The topological polar surface area (TPSA) is 43.0 Å². The Balaban J connectivity index is 1.40. The highest BCUT2D eigenvalue weighted by atomic mass is 15.0. The molecule has 7 rings (SSSR count). The number of rotatable bonds is 4. The molecule has 0 saturated heterocycles. The van der Waals surface area contributed by atoms with Crippen molar-refractivity contribution in [2.24, 2.45) is 0 Å². The van der Waals surface area contributed by atoms with Crippen LogP contribution in [0.2, 0.25) is 0 Å². The molecular formula is C37H26N4. The summed E-state index contributed by atoms with van der Waals surface area (Å²) in [4.78, 5) is 18.4. The maximum Gasteiger partial charge on any atom is 0.187 e. The maximum atomic E-state index is 7.60. The summed E-state index contributed by atoms with van der Waals surface area (Å²) in [6.07, 6.45) is 0. The highest BCUT2D eigenvalue weighted by Crippen LogP contribution is 2.53. The third kappa shape index (κ3) is 4.20. The average Bonchev–Trinajstić information content (AvgIpc) is 3.27. The summed E-state index contributed by atoms with van der Waals surface area (Å²) in [5, 5.41) is 0. The second-order valence-electron chi connectivity index (χ2n) is 10.8. The molecule has 0 atom stereocenters. The van der Waals surface area contributed by atoms with Crippen LogP contribution in [0.3, 0.4) is 0 Å². The number of fused-ring (bicyclic) bond motifs is 3. The first-order chi connectivity index (χ1) is 20.0. The first kappa shape index (κ1) is 24.6. The largest absolute Gasteiger partial charge is 0.238 e. The summed E-state index contributed by atoms with van der Waals surface area (Å²) in [6, 6.07) is 41.1. The number of hydrogen-bond acceptors (Lipinski definition) is 3. The molecular weight excluding hydrogens is 500 g/mol. The summed E-state index contributed by atoms with van der Waals surface area (Å²) < 4.78 is 0. The van der Waals surface area contributed by atoms with Crippen LogP contribution >= 0.6 is 0 Å². The first-order valence-electron chi connectivity index (χ1n) is 13.7. The molecule has 0 spiro atoms. The molecule has 0 fully saturated rings. The summed E-state index contributed by atoms with van der Waals surface area (Å²) in [5.74, 6) is 1.91. The van der Waals surface area contributed by atoms with Gasteiger partial charge in [-0.3, -0.25) is 0 Å². The second kappa shape index (κ2) is 9.66. The number of aromatic nitrogens is 3. The molecule has 1 aliphatic rings. The summed E-state index contributed by atoms with van der Waals surface area (Å²) in [6.45, 7) is 12.1. The van der Waals surface area contributed by atoms with E-state index in [-0.39, 0.29) is 5.41 Å². The Morgan fingerprint density at radius 1 is 0.512 bits per heavy atom. The normalized spacial score (nSPS) is 12.8. The summed E-state index contributed by atoms with van der Waals surface area (Å²) in [7, 11) is 0. The molecule has 0 amide bonds. The van der Waals surface area contributed by atoms with E-state index in [2.05, 4.69) is 67.2 Å². The highest BCUT2D eigenvalue weighted by molar-refractivity contribution is 5.94. The molecule has 194 valence electrons. The number of benzene rings is 5. The predicted octanol–water partition coefficient (Wildman–Crippen LogP) is 9.40. The van der Waals surface area contributed by atoms with Crippen molar-refractivity contribution in [3.05, 3.63) is 144 Å². The summed E-state index contributed by atoms with van der Waals surface area (Å²) >= 11 is 0. The molecule has 0 radical (unpaired) electrons. The van der Waals surface area contributed by atoms with Crippen molar-refractivity contribution < 1.29 is 0 Å². The average molecular weight is 527 g/mol. The van der Waals surface area contributed by atoms with Gasteiger partial charge in [-0.25, -0.2) is 19.8 Å². The van der Waals surface area contributed by atoms with Crippen LogP contribution in [0.15, 0.2) is 121 Å². The van der Waals surface area contributed by atoms with Crippen LogP contribution in [0, 0.1) is 6.57 Å². The fourth-order valence-corrected chi connectivity index (χ4v) is 5.87. The maximum absolute atomic E-state index is 7.60. The monoisotopic (exact) mass is 526 g/mol. The van der Waals surface area contributed by atoms with Gasteiger partial charge in [0.25, 0.3) is 0 Å². The Morgan fingerprint density at radius 2 is 1.07 bits per heavy atom. The van der Waals surface area contributed by atoms with E-state index in [9.17, 15) is 0 Å². The SMILES string of the molecule is [C-]#[N+]c1ccc2c(c1)-c1c(-c3cccc(-c4nc(-c5ccccc5)nc(-c5ccccc5)n4)c3)cccc1C2(C)C. The van der Waals surface area contributed by atoms with Gasteiger partial charge in [-0.05, 0) is 45.5 Å². The first-order valence-corrected chi connectivity index (χ1v) is 13.7. The smallest absolute Gasteiger partial charge is 0.187 e. The lowest BCUT2D eigenvalue weighted by molar-refractivity contribution is 0.660. The summed E-state index contributed by atoms with van der Waals surface area (Å²) in [5.41, 5.74) is 10.4. The molecule has 5 aromatic carbocycles. The van der Waals surface area contributed by atoms with Crippen molar-refractivity contribution >= 4 is 5.69 Å². The molecule has 41 heavy (non-hydrogen) atoms. The zero-order valence-corrected chi connectivity index (χ0v) is 22.8. The van der Waals surface area contributed by atoms with Gasteiger partial charge < -0.3 is 0 Å². The van der Waals surface area contributed by atoms with Gasteiger partial charge in [0, 0.05) is 22.1 Å². The molecule has 0 unspecified atom stereocenters. The van der Waals surface area contributed by atoms with Crippen molar-refractivity contribution in [3.63, 3.8) is 0 Å². The molecule has 0 saturated carbocycles. The van der Waals surface area contributed by atoms with E-state index in [1.165, 1.54) is 16.7 Å². The van der Waals surface area contributed by atoms with Gasteiger partial charge >= 0.3 is 0 Å². The van der Waals surface area contributed by atoms with E-state index in [0.717, 1.165) is 33.4 Å². The molecule has 0 N–H and O–H groups in total. The van der Waals surface area contributed by atoms with Crippen LogP contribution < -0.4 is 0 Å². The van der Waals surface area contributed by atoms with Crippen molar-refractivity contribution in [1.82, 2.24) is 15.0 Å². The van der Waals surface area contributed by atoms with Crippen LogP contribution in [0.4, 0.5) is 5.69 Å². The molecule has 0 aliphatic heterocycles. The number of hydrogen-bond donors (Lipinski definition) is 0. The van der Waals surface area contributed by atoms with Gasteiger partial charge in [-0.2, -0.15) is 0 Å². The van der Waals surface area contributed by atoms with Gasteiger partial charge in [0.05, 0.1) is 6.57 Å². The molecule has 6 aromatic rings. The molecule has 1 aliphatic carbocycles. The van der Waals surface area contributed by atoms with Crippen molar-refractivity contribution in [2.45, 2.75) is 19.3 Å². The van der Waals surface area contributed by atoms with E-state index in [0.29, 0.717) is 23.2 Å². The van der Waals surface area contributed by atoms with Crippen LogP contribution in [-0.4, -0.2) is 15.0 Å². The molecule has 1 aromatic heterocycles. The van der Waals surface area contributed by atoms with Gasteiger partial charge in [0.15, 0.2) is 23.2 Å². The Kier molecular flexibility index (Phi) is 5.80. The fraction of sp³-hybridized carbons (Fsp3) is 0.0811. The van der Waals surface area contributed by atoms with Crippen LogP contribution in [0.5, 0.6) is 0 Å². The van der Waals surface area contributed by atoms with Crippen molar-refractivity contribution in [2.75, 3.05) is 0 Å². The van der Waals surface area contributed by atoms with Crippen molar-refractivity contribution in [3.8, 4) is 56.4 Å². The molecule has 4 nitrogen and oxygen atoms in total. The fourth-order valence-electron chi connectivity index (χ4n) is 5.87. The zero-order valence-electron chi connectivity index (χ0n) is 22.8. The molecule has 4 heteroatoms. The van der Waals surface area contributed by atoms with E-state index in [4.69, 9.17) is 21.5 Å². The Bertz CT molecular complexity index is 1910. The third-order valence-corrected chi connectivity index (χ3v) is 7.94. The van der Waals surface area contributed by atoms with Gasteiger partial charge in [0.1, 0.15) is 0 Å². The Morgan fingerprint density at radius 3 is 1.71 bits per heavy atom. The second-order valence-corrected chi connectivity index (χ2v) is 10.8. The van der Waals surface area contributed by atoms with Gasteiger partial charge in [-0.1, -0.05) is 123 Å². The Hall–Kier alpha value is -5.40. The highest BCUT2D eigenvalue weighted by Gasteiger charge is 2.36. The van der Waals surface area contributed by atoms with E-state index in [1.807, 2.05) is 72.8 Å². The van der Waals surface area contributed by atoms with Crippen LogP contribution in [0.1, 0.15) is 25.0 Å². The van der Waals surface area contributed by atoms with Gasteiger partial charge in [-0.15, -0.1) is 0 Å². The minimum absolute atomic E-state index is 0.151. The van der Waals surface area contributed by atoms with E-state index < -0.39 is 0 Å². The van der Waals surface area contributed by atoms with E-state index in [1.54, 1.807) is 0 Å². The molecule has 1 heterocycles.